The van der Waals surface area contributed by atoms with E-state index < -0.39 is 0 Å². The van der Waals surface area contributed by atoms with E-state index in [1.165, 1.54) is 0 Å². The zero-order valence-corrected chi connectivity index (χ0v) is 12.8. The summed E-state index contributed by atoms with van der Waals surface area (Å²) in [5.74, 6) is 0.0268. The van der Waals surface area contributed by atoms with Crippen molar-refractivity contribution < 1.29 is 9.53 Å². The van der Waals surface area contributed by atoms with E-state index in [1.54, 1.807) is 0 Å². The first-order valence-corrected chi connectivity index (χ1v) is 7.08. The van der Waals surface area contributed by atoms with Gasteiger partial charge in [-0.15, -0.1) is 0 Å². The van der Waals surface area contributed by atoms with Gasteiger partial charge in [-0.25, -0.2) is 0 Å². The maximum absolute atomic E-state index is 11.9. The van der Waals surface area contributed by atoms with Crippen molar-refractivity contribution in [1.82, 2.24) is 4.90 Å². The maximum Gasteiger partial charge on any atom is 0.229 e. The molecule has 1 saturated heterocycles. The molecule has 1 aliphatic rings. The van der Waals surface area contributed by atoms with Crippen LogP contribution in [-0.2, 0) is 9.53 Å². The van der Waals surface area contributed by atoms with E-state index >= 15 is 0 Å². The van der Waals surface area contributed by atoms with E-state index in [4.69, 9.17) is 4.74 Å². The molecule has 2 rings (SSSR count). The second-order valence-electron chi connectivity index (χ2n) is 6.45. The highest BCUT2D eigenvalue weighted by atomic mass is 16.5. The largest absolute Gasteiger partial charge is 0.371 e. The van der Waals surface area contributed by atoms with Crippen LogP contribution in [0.3, 0.4) is 0 Å². The number of likely N-dealkylation sites (N-methyl/N-ethyl adjacent to an activating group) is 1. The first-order valence-electron chi connectivity index (χ1n) is 7.08. The monoisotopic (exact) mass is 276 g/mol. The summed E-state index contributed by atoms with van der Waals surface area (Å²) in [5.41, 5.74) is 1.61. The fourth-order valence-corrected chi connectivity index (χ4v) is 2.08. The molecule has 1 N–H and O–H groups in total. The Labute approximate surface area is 121 Å². The molecule has 20 heavy (non-hydrogen) atoms. The Morgan fingerprint density at radius 3 is 2.50 bits per heavy atom. The van der Waals surface area contributed by atoms with Crippen molar-refractivity contribution in [2.45, 2.75) is 26.9 Å². The van der Waals surface area contributed by atoms with Crippen LogP contribution in [0.1, 0.15) is 32.4 Å². The minimum atomic E-state index is -0.381. The number of nitrogens with one attached hydrogen (secondary N) is 1. The van der Waals surface area contributed by atoms with Crippen LogP contribution in [0.15, 0.2) is 24.3 Å². The van der Waals surface area contributed by atoms with Crippen molar-refractivity contribution in [3.8, 4) is 0 Å². The van der Waals surface area contributed by atoms with E-state index in [0.29, 0.717) is 0 Å². The van der Waals surface area contributed by atoms with Crippen LogP contribution in [0.4, 0.5) is 5.69 Å². The van der Waals surface area contributed by atoms with Gasteiger partial charge in [0.1, 0.15) is 0 Å². The van der Waals surface area contributed by atoms with Crippen molar-refractivity contribution in [3.05, 3.63) is 29.8 Å². The highest BCUT2D eigenvalue weighted by Gasteiger charge is 2.22. The highest BCUT2D eigenvalue weighted by Crippen LogP contribution is 2.24. The molecule has 1 aromatic carbocycles. The zero-order chi connectivity index (χ0) is 14.8. The van der Waals surface area contributed by atoms with Gasteiger partial charge in [0, 0.05) is 24.2 Å². The predicted molar refractivity (Wildman–Crippen MR) is 80.7 cm³/mol. The Morgan fingerprint density at radius 2 is 1.95 bits per heavy atom. The minimum absolute atomic E-state index is 0.0268. The molecular formula is C16H24N2O2. The molecule has 0 spiro atoms. The molecule has 1 aromatic rings. The number of amides is 1. The minimum Gasteiger partial charge on any atom is -0.371 e. The van der Waals surface area contributed by atoms with E-state index in [2.05, 4.69) is 17.3 Å². The van der Waals surface area contributed by atoms with Crippen LogP contribution in [0.5, 0.6) is 0 Å². The summed E-state index contributed by atoms with van der Waals surface area (Å²) >= 11 is 0. The van der Waals surface area contributed by atoms with E-state index in [9.17, 15) is 4.79 Å². The molecule has 4 heteroatoms. The zero-order valence-electron chi connectivity index (χ0n) is 12.8. The highest BCUT2D eigenvalue weighted by molar-refractivity contribution is 5.94. The van der Waals surface area contributed by atoms with Gasteiger partial charge in [-0.1, -0.05) is 32.9 Å². The number of anilines is 1. The van der Waals surface area contributed by atoms with Gasteiger partial charge >= 0.3 is 0 Å². The number of nitrogens with zero attached hydrogens (tertiary/aromatic N) is 1. The number of rotatable bonds is 2. The Morgan fingerprint density at radius 1 is 1.30 bits per heavy atom. The number of hydrogen-bond acceptors (Lipinski definition) is 3. The molecule has 1 fully saturated rings. The van der Waals surface area contributed by atoms with Crippen LogP contribution in [0.25, 0.3) is 0 Å². The predicted octanol–water partition coefficient (Wildman–Crippen LogP) is 2.67. The molecular weight excluding hydrogens is 252 g/mol. The Hall–Kier alpha value is -1.39. The van der Waals surface area contributed by atoms with E-state index in [0.717, 1.165) is 30.9 Å². The van der Waals surface area contributed by atoms with Gasteiger partial charge in [0.05, 0.1) is 12.7 Å². The standard InChI is InChI=1S/C16H24N2O2/c1-16(2,3)15(19)17-13-7-5-12(6-8-13)14-11-18(4)9-10-20-14/h5-8,14H,9-11H2,1-4H3,(H,17,19). The first-order chi connectivity index (χ1) is 9.36. The number of hydrogen-bond donors (Lipinski definition) is 1. The molecule has 1 heterocycles. The molecule has 1 amide bonds. The van der Waals surface area contributed by atoms with Gasteiger partial charge in [0.15, 0.2) is 0 Å². The summed E-state index contributed by atoms with van der Waals surface area (Å²) in [6, 6.07) is 7.94. The molecule has 1 aliphatic heterocycles. The lowest BCUT2D eigenvalue weighted by molar-refractivity contribution is -0.123. The fraction of sp³-hybridized carbons (Fsp3) is 0.562. The lowest BCUT2D eigenvalue weighted by Crippen LogP contribution is -2.35. The Kier molecular flexibility index (Phi) is 4.45. The number of carbonyl (C=O) groups is 1. The van der Waals surface area contributed by atoms with Crippen LogP contribution >= 0.6 is 0 Å². The number of benzene rings is 1. The average Bonchev–Trinajstić information content (AvgIpc) is 2.38. The molecule has 0 aliphatic carbocycles. The van der Waals surface area contributed by atoms with Gasteiger partial charge in [0.2, 0.25) is 5.91 Å². The lowest BCUT2D eigenvalue weighted by Gasteiger charge is -2.30. The SMILES string of the molecule is CN1CCOC(c2ccc(NC(=O)C(C)(C)C)cc2)C1. The van der Waals surface area contributed by atoms with Gasteiger partial charge in [-0.05, 0) is 24.7 Å². The second-order valence-corrected chi connectivity index (χ2v) is 6.45. The third kappa shape index (κ3) is 3.81. The van der Waals surface area contributed by atoms with Crippen molar-refractivity contribution in [3.63, 3.8) is 0 Å². The molecule has 0 radical (unpaired) electrons. The molecule has 1 atom stereocenters. The second kappa shape index (κ2) is 5.94. The fourth-order valence-electron chi connectivity index (χ4n) is 2.08. The smallest absolute Gasteiger partial charge is 0.229 e. The van der Waals surface area contributed by atoms with Crippen LogP contribution < -0.4 is 5.32 Å². The summed E-state index contributed by atoms with van der Waals surface area (Å²) in [6.07, 6.45) is 0.126. The van der Waals surface area contributed by atoms with Gasteiger partial charge in [-0.2, -0.15) is 0 Å². The topological polar surface area (TPSA) is 41.6 Å². The average molecular weight is 276 g/mol. The lowest BCUT2D eigenvalue weighted by atomic mass is 9.95. The van der Waals surface area contributed by atoms with Gasteiger partial charge in [-0.3, -0.25) is 4.79 Å². The first kappa shape index (κ1) is 15.0. The van der Waals surface area contributed by atoms with E-state index in [1.807, 2.05) is 45.0 Å². The van der Waals surface area contributed by atoms with Crippen molar-refractivity contribution in [2.24, 2.45) is 5.41 Å². The molecule has 4 nitrogen and oxygen atoms in total. The quantitative estimate of drug-likeness (QED) is 0.903. The number of morpholine rings is 1. The summed E-state index contributed by atoms with van der Waals surface area (Å²) < 4.78 is 5.78. The number of carbonyl (C=O) groups excluding carboxylic acids is 1. The summed E-state index contributed by atoms with van der Waals surface area (Å²) in [5, 5.41) is 2.93. The third-order valence-corrected chi connectivity index (χ3v) is 3.49. The summed E-state index contributed by atoms with van der Waals surface area (Å²) in [4.78, 5) is 14.2. The third-order valence-electron chi connectivity index (χ3n) is 3.49. The molecule has 110 valence electrons. The molecule has 0 bridgehead atoms. The maximum atomic E-state index is 11.9. The molecule has 0 saturated carbocycles. The Bertz CT molecular complexity index is 462. The van der Waals surface area contributed by atoms with Gasteiger partial charge < -0.3 is 15.0 Å². The molecule has 1 unspecified atom stereocenters. The van der Waals surface area contributed by atoms with Crippen molar-refractivity contribution >= 4 is 11.6 Å². The number of ether oxygens (including phenoxy) is 1. The van der Waals surface area contributed by atoms with Crippen LogP contribution in [0, 0.1) is 5.41 Å². The Balaban J connectivity index is 2.01. The summed E-state index contributed by atoms with van der Waals surface area (Å²) in [7, 11) is 2.10. The van der Waals surface area contributed by atoms with Gasteiger partial charge in [0.25, 0.3) is 0 Å². The van der Waals surface area contributed by atoms with E-state index in [-0.39, 0.29) is 17.4 Å². The van der Waals surface area contributed by atoms with Crippen LogP contribution in [0.2, 0.25) is 0 Å². The normalized spacial score (nSPS) is 20.7. The van der Waals surface area contributed by atoms with Crippen molar-refractivity contribution in [2.75, 3.05) is 32.1 Å². The molecule has 0 aromatic heterocycles. The summed E-state index contributed by atoms with van der Waals surface area (Å²) in [6.45, 7) is 8.38. The van der Waals surface area contributed by atoms with Crippen LogP contribution in [-0.4, -0.2) is 37.6 Å². The van der Waals surface area contributed by atoms with Crippen molar-refractivity contribution in [1.29, 1.82) is 0 Å².